The van der Waals surface area contributed by atoms with E-state index < -0.39 is 0 Å². The highest BCUT2D eigenvalue weighted by atomic mass is 16.5. The number of amides is 1. The van der Waals surface area contributed by atoms with E-state index in [9.17, 15) is 4.79 Å². The molecule has 3 rings (SSSR count). The van der Waals surface area contributed by atoms with Crippen LogP contribution in [0.25, 0.3) is 0 Å². The smallest absolute Gasteiger partial charge is 0.227 e. The first-order valence-electron chi connectivity index (χ1n) is 8.86. The van der Waals surface area contributed by atoms with Crippen molar-refractivity contribution in [3.8, 4) is 5.75 Å². The molecular formula is C20H27N3O2. The van der Waals surface area contributed by atoms with Gasteiger partial charge in [-0.2, -0.15) is 5.10 Å². The van der Waals surface area contributed by atoms with Gasteiger partial charge in [-0.1, -0.05) is 32.9 Å². The maximum absolute atomic E-state index is 12.5. The number of hydrogen-bond donors (Lipinski definition) is 1. The summed E-state index contributed by atoms with van der Waals surface area (Å²) in [5, 5.41) is 7.40. The number of nitrogens with one attached hydrogen (secondary N) is 1. The van der Waals surface area contributed by atoms with Gasteiger partial charge in [0.25, 0.3) is 0 Å². The molecule has 0 saturated carbocycles. The highest BCUT2D eigenvalue weighted by molar-refractivity contribution is 5.78. The molecule has 1 aliphatic rings. The minimum Gasteiger partial charge on any atom is -0.493 e. The number of benzene rings is 1. The lowest BCUT2D eigenvalue weighted by atomic mass is 9.92. The van der Waals surface area contributed by atoms with Crippen LogP contribution in [-0.4, -0.2) is 34.7 Å². The van der Waals surface area contributed by atoms with Gasteiger partial charge < -0.3 is 9.64 Å². The molecule has 0 atom stereocenters. The molecule has 5 heteroatoms. The van der Waals surface area contributed by atoms with Crippen molar-refractivity contribution in [1.82, 2.24) is 15.1 Å². The van der Waals surface area contributed by atoms with Crippen LogP contribution in [0, 0.1) is 0 Å². The SMILES string of the molecule is CN(Cc1cc(C(C)(C)C)n[nH]1)C(=O)Cc1ccc2c(c1)CCCO2. The molecule has 134 valence electrons. The molecular weight excluding hydrogens is 314 g/mol. The predicted molar refractivity (Wildman–Crippen MR) is 97.7 cm³/mol. The summed E-state index contributed by atoms with van der Waals surface area (Å²) >= 11 is 0. The normalized spacial score (nSPS) is 13.9. The summed E-state index contributed by atoms with van der Waals surface area (Å²) in [6.45, 7) is 7.70. The van der Waals surface area contributed by atoms with Gasteiger partial charge in [0.2, 0.25) is 5.91 Å². The summed E-state index contributed by atoms with van der Waals surface area (Å²) in [6, 6.07) is 8.12. The molecule has 0 spiro atoms. The summed E-state index contributed by atoms with van der Waals surface area (Å²) < 4.78 is 5.63. The maximum Gasteiger partial charge on any atom is 0.227 e. The van der Waals surface area contributed by atoms with Gasteiger partial charge in [-0.25, -0.2) is 0 Å². The highest BCUT2D eigenvalue weighted by Crippen LogP contribution is 2.26. The second-order valence-corrected chi connectivity index (χ2v) is 7.85. The summed E-state index contributed by atoms with van der Waals surface area (Å²) in [4.78, 5) is 14.3. The Morgan fingerprint density at radius 2 is 2.12 bits per heavy atom. The number of H-pyrrole nitrogens is 1. The molecule has 2 heterocycles. The number of likely N-dealkylation sites (N-methyl/N-ethyl adjacent to an activating group) is 1. The quantitative estimate of drug-likeness (QED) is 0.929. The minimum absolute atomic E-state index is 0.00251. The topological polar surface area (TPSA) is 58.2 Å². The molecule has 25 heavy (non-hydrogen) atoms. The number of fused-ring (bicyclic) bond motifs is 1. The lowest BCUT2D eigenvalue weighted by Gasteiger charge is -2.19. The van der Waals surface area contributed by atoms with Crippen LogP contribution in [0.2, 0.25) is 0 Å². The molecule has 0 bridgehead atoms. The van der Waals surface area contributed by atoms with Crippen molar-refractivity contribution in [2.24, 2.45) is 0 Å². The van der Waals surface area contributed by atoms with Gasteiger partial charge in [-0.05, 0) is 36.1 Å². The number of ether oxygens (including phenoxy) is 1. The van der Waals surface area contributed by atoms with Crippen molar-refractivity contribution < 1.29 is 9.53 Å². The van der Waals surface area contributed by atoms with Crippen molar-refractivity contribution in [3.05, 3.63) is 46.8 Å². The number of aromatic amines is 1. The summed E-state index contributed by atoms with van der Waals surface area (Å²) in [5.74, 6) is 1.06. The number of aryl methyl sites for hydroxylation is 1. The van der Waals surface area contributed by atoms with Crippen LogP contribution in [-0.2, 0) is 29.6 Å². The molecule has 0 unspecified atom stereocenters. The van der Waals surface area contributed by atoms with Crippen LogP contribution in [0.15, 0.2) is 24.3 Å². The van der Waals surface area contributed by atoms with Gasteiger partial charge in [0.1, 0.15) is 5.75 Å². The van der Waals surface area contributed by atoms with Crippen molar-refractivity contribution in [3.63, 3.8) is 0 Å². The number of aromatic nitrogens is 2. The fourth-order valence-corrected chi connectivity index (χ4v) is 3.00. The van der Waals surface area contributed by atoms with Crippen LogP contribution < -0.4 is 4.74 Å². The second kappa shape index (κ2) is 6.90. The fourth-order valence-electron chi connectivity index (χ4n) is 3.00. The van der Waals surface area contributed by atoms with E-state index in [-0.39, 0.29) is 11.3 Å². The predicted octanol–water partition coefficient (Wildman–Crippen LogP) is 3.23. The van der Waals surface area contributed by atoms with Gasteiger partial charge in [-0.3, -0.25) is 9.89 Å². The fraction of sp³-hybridized carbons (Fsp3) is 0.500. The van der Waals surface area contributed by atoms with Gasteiger partial charge >= 0.3 is 0 Å². The zero-order valence-corrected chi connectivity index (χ0v) is 15.6. The molecule has 1 N–H and O–H groups in total. The summed E-state index contributed by atoms with van der Waals surface area (Å²) in [6.07, 6.45) is 2.47. The first-order chi connectivity index (χ1) is 11.8. The van der Waals surface area contributed by atoms with E-state index in [1.807, 2.05) is 25.2 Å². The largest absolute Gasteiger partial charge is 0.493 e. The zero-order valence-electron chi connectivity index (χ0n) is 15.6. The van der Waals surface area contributed by atoms with Crippen molar-refractivity contribution >= 4 is 5.91 Å². The molecule has 1 aliphatic heterocycles. The Labute approximate surface area is 149 Å². The Balaban J connectivity index is 1.62. The van der Waals surface area contributed by atoms with Gasteiger partial charge in [0.15, 0.2) is 0 Å². The lowest BCUT2D eigenvalue weighted by Crippen LogP contribution is -2.28. The average molecular weight is 341 g/mol. The molecule has 1 aromatic heterocycles. The maximum atomic E-state index is 12.5. The van der Waals surface area contributed by atoms with E-state index in [0.717, 1.165) is 42.1 Å². The Kier molecular flexibility index (Phi) is 4.84. The lowest BCUT2D eigenvalue weighted by molar-refractivity contribution is -0.129. The van der Waals surface area contributed by atoms with E-state index in [1.54, 1.807) is 4.90 Å². The van der Waals surface area contributed by atoms with Crippen LogP contribution in [0.4, 0.5) is 0 Å². The van der Waals surface area contributed by atoms with E-state index in [0.29, 0.717) is 13.0 Å². The Bertz CT molecular complexity index is 759. The van der Waals surface area contributed by atoms with E-state index in [4.69, 9.17) is 4.74 Å². The number of nitrogens with zero attached hydrogens (tertiary/aromatic N) is 2. The van der Waals surface area contributed by atoms with E-state index >= 15 is 0 Å². The molecule has 0 radical (unpaired) electrons. The molecule has 2 aromatic rings. The van der Waals surface area contributed by atoms with Crippen LogP contribution in [0.1, 0.15) is 49.7 Å². The number of hydrogen-bond acceptors (Lipinski definition) is 3. The molecule has 0 aliphatic carbocycles. The zero-order chi connectivity index (χ0) is 18.0. The molecule has 0 fully saturated rings. The molecule has 0 saturated heterocycles. The number of rotatable bonds is 4. The van der Waals surface area contributed by atoms with Crippen molar-refractivity contribution in [2.75, 3.05) is 13.7 Å². The highest BCUT2D eigenvalue weighted by Gasteiger charge is 2.19. The Hall–Kier alpha value is -2.30. The monoisotopic (exact) mass is 341 g/mol. The number of carbonyl (C=O) groups is 1. The van der Waals surface area contributed by atoms with Crippen molar-refractivity contribution in [1.29, 1.82) is 0 Å². The second-order valence-electron chi connectivity index (χ2n) is 7.85. The third kappa shape index (κ3) is 4.21. The Morgan fingerprint density at radius 1 is 1.32 bits per heavy atom. The first-order valence-corrected chi connectivity index (χ1v) is 8.86. The van der Waals surface area contributed by atoms with Gasteiger partial charge in [0.05, 0.1) is 31.0 Å². The standard InChI is InChI=1S/C20H27N3O2/c1-20(2,3)18-12-16(21-22-18)13-23(4)19(24)11-14-7-8-17-15(10-14)6-5-9-25-17/h7-8,10,12H,5-6,9,11,13H2,1-4H3,(H,21,22). The van der Waals surface area contributed by atoms with E-state index in [2.05, 4.69) is 37.0 Å². The minimum atomic E-state index is 0.00251. The van der Waals surface area contributed by atoms with Gasteiger partial charge in [0, 0.05) is 12.5 Å². The van der Waals surface area contributed by atoms with E-state index in [1.165, 1.54) is 5.56 Å². The van der Waals surface area contributed by atoms with Crippen molar-refractivity contribution in [2.45, 2.75) is 52.0 Å². The summed E-state index contributed by atoms with van der Waals surface area (Å²) in [5.41, 5.74) is 4.23. The van der Waals surface area contributed by atoms with Crippen LogP contribution in [0.3, 0.4) is 0 Å². The van der Waals surface area contributed by atoms with Crippen LogP contribution >= 0.6 is 0 Å². The van der Waals surface area contributed by atoms with Crippen LogP contribution in [0.5, 0.6) is 5.75 Å². The van der Waals surface area contributed by atoms with Gasteiger partial charge in [-0.15, -0.1) is 0 Å². The molecule has 5 nitrogen and oxygen atoms in total. The third-order valence-electron chi connectivity index (χ3n) is 4.56. The molecule has 1 aromatic carbocycles. The molecule has 1 amide bonds. The number of carbonyl (C=O) groups excluding carboxylic acids is 1. The first kappa shape index (κ1) is 17.5. The third-order valence-corrected chi connectivity index (χ3v) is 4.56. The average Bonchev–Trinajstić information content (AvgIpc) is 3.03. The Morgan fingerprint density at radius 3 is 2.84 bits per heavy atom. The summed E-state index contributed by atoms with van der Waals surface area (Å²) in [7, 11) is 1.83.